The monoisotopic (exact) mass is 346 g/mol. The van der Waals surface area contributed by atoms with Gasteiger partial charge in [0.1, 0.15) is 0 Å². The number of hydrogen-bond donors (Lipinski definition) is 2. The van der Waals surface area contributed by atoms with Crippen LogP contribution in [0.3, 0.4) is 0 Å². The fourth-order valence-electron chi connectivity index (χ4n) is 3.70. The summed E-state index contributed by atoms with van der Waals surface area (Å²) in [5.41, 5.74) is 8.02. The third-order valence-corrected chi connectivity index (χ3v) is 5.31. The van der Waals surface area contributed by atoms with Crippen molar-refractivity contribution in [1.29, 1.82) is 0 Å². The number of rotatable bonds is 6. The van der Waals surface area contributed by atoms with Crippen LogP contribution < -0.4 is 11.1 Å². The average Bonchev–Trinajstić information content (AvgIpc) is 2.67. The summed E-state index contributed by atoms with van der Waals surface area (Å²) in [4.78, 5) is 12.4. The number of ether oxygens (including phenoxy) is 2. The summed E-state index contributed by atoms with van der Waals surface area (Å²) < 4.78 is 11.4. The molecular weight excluding hydrogens is 316 g/mol. The largest absolute Gasteiger partial charge is 0.381 e. The Kier molecular flexibility index (Phi) is 6.84. The SMILES string of the molecule is NC(C(=O)Nc1cccc(COC2CCCCC2)c1)C1CCOCC1. The summed E-state index contributed by atoms with van der Waals surface area (Å²) >= 11 is 0. The van der Waals surface area contributed by atoms with E-state index in [0.29, 0.717) is 25.9 Å². The van der Waals surface area contributed by atoms with Crippen LogP contribution in [0.2, 0.25) is 0 Å². The molecule has 0 bridgehead atoms. The van der Waals surface area contributed by atoms with Gasteiger partial charge in [-0.1, -0.05) is 31.4 Å². The highest BCUT2D eigenvalue weighted by molar-refractivity contribution is 5.94. The maximum absolute atomic E-state index is 12.4. The molecule has 0 spiro atoms. The molecule has 5 heteroatoms. The Hall–Kier alpha value is -1.43. The first-order chi connectivity index (χ1) is 12.2. The van der Waals surface area contributed by atoms with Crippen molar-refractivity contribution >= 4 is 11.6 Å². The fraction of sp³-hybridized carbons (Fsp3) is 0.650. The molecule has 1 amide bonds. The molecule has 1 aromatic carbocycles. The number of amides is 1. The predicted octanol–water partition coefficient (Wildman–Crippen LogP) is 3.23. The van der Waals surface area contributed by atoms with Gasteiger partial charge in [-0.25, -0.2) is 0 Å². The van der Waals surface area contributed by atoms with Gasteiger partial charge in [-0.2, -0.15) is 0 Å². The van der Waals surface area contributed by atoms with Crippen molar-refractivity contribution in [3.05, 3.63) is 29.8 Å². The van der Waals surface area contributed by atoms with E-state index in [4.69, 9.17) is 15.2 Å². The van der Waals surface area contributed by atoms with Gasteiger partial charge in [0.2, 0.25) is 5.91 Å². The van der Waals surface area contributed by atoms with Gasteiger partial charge in [0, 0.05) is 18.9 Å². The van der Waals surface area contributed by atoms with Crippen LogP contribution in [0.1, 0.15) is 50.5 Å². The number of hydrogen-bond acceptors (Lipinski definition) is 4. The van der Waals surface area contributed by atoms with Gasteiger partial charge in [-0.3, -0.25) is 4.79 Å². The molecule has 0 aromatic heterocycles. The number of nitrogens with one attached hydrogen (secondary N) is 1. The van der Waals surface area contributed by atoms with Crippen LogP contribution in [-0.2, 0) is 20.9 Å². The first-order valence-electron chi connectivity index (χ1n) is 9.57. The molecule has 3 rings (SSSR count). The maximum atomic E-state index is 12.4. The third-order valence-electron chi connectivity index (χ3n) is 5.31. The van der Waals surface area contributed by atoms with Crippen LogP contribution in [0.15, 0.2) is 24.3 Å². The van der Waals surface area contributed by atoms with E-state index in [2.05, 4.69) is 5.32 Å². The Morgan fingerprint density at radius 2 is 1.96 bits per heavy atom. The van der Waals surface area contributed by atoms with Gasteiger partial charge in [-0.15, -0.1) is 0 Å². The van der Waals surface area contributed by atoms with Gasteiger partial charge >= 0.3 is 0 Å². The highest BCUT2D eigenvalue weighted by Crippen LogP contribution is 2.22. The lowest BCUT2D eigenvalue weighted by atomic mass is 9.92. The van der Waals surface area contributed by atoms with Gasteiger partial charge < -0.3 is 20.5 Å². The van der Waals surface area contributed by atoms with Crippen molar-refractivity contribution in [3.8, 4) is 0 Å². The summed E-state index contributed by atoms with van der Waals surface area (Å²) in [5.74, 6) is 0.0869. The molecule has 1 atom stereocenters. The first kappa shape index (κ1) is 18.4. The molecule has 0 radical (unpaired) electrons. The zero-order valence-corrected chi connectivity index (χ0v) is 14.9. The fourth-order valence-corrected chi connectivity index (χ4v) is 3.70. The molecule has 1 aromatic rings. The number of anilines is 1. The minimum atomic E-state index is -0.481. The number of nitrogens with two attached hydrogens (primary N) is 1. The zero-order chi connectivity index (χ0) is 17.5. The molecule has 1 saturated heterocycles. The highest BCUT2D eigenvalue weighted by atomic mass is 16.5. The van der Waals surface area contributed by atoms with Crippen LogP contribution in [0.5, 0.6) is 0 Å². The topological polar surface area (TPSA) is 73.6 Å². The summed E-state index contributed by atoms with van der Waals surface area (Å²) in [5, 5.41) is 2.96. The van der Waals surface area contributed by atoms with Gasteiger partial charge in [0.25, 0.3) is 0 Å². The lowest BCUT2D eigenvalue weighted by molar-refractivity contribution is -0.119. The Balaban J connectivity index is 1.50. The summed E-state index contributed by atoms with van der Waals surface area (Å²) in [6.45, 7) is 1.99. The minimum absolute atomic E-state index is 0.114. The molecular formula is C20H30N2O3. The molecule has 1 aliphatic heterocycles. The van der Waals surface area contributed by atoms with Crippen LogP contribution in [-0.4, -0.2) is 31.3 Å². The summed E-state index contributed by atoms with van der Waals surface area (Å²) in [6, 6.07) is 7.40. The molecule has 1 heterocycles. The van der Waals surface area contributed by atoms with E-state index in [1.165, 1.54) is 19.3 Å². The van der Waals surface area contributed by atoms with E-state index < -0.39 is 6.04 Å². The second-order valence-corrected chi connectivity index (χ2v) is 7.24. The van der Waals surface area contributed by atoms with Crippen molar-refractivity contribution < 1.29 is 14.3 Å². The van der Waals surface area contributed by atoms with Crippen molar-refractivity contribution in [2.75, 3.05) is 18.5 Å². The van der Waals surface area contributed by atoms with E-state index in [1.54, 1.807) is 0 Å². The Labute approximate surface area is 150 Å². The lowest BCUT2D eigenvalue weighted by Gasteiger charge is -2.26. The molecule has 1 saturated carbocycles. The molecule has 3 N–H and O–H groups in total. The Morgan fingerprint density at radius 1 is 1.20 bits per heavy atom. The number of benzene rings is 1. The van der Waals surface area contributed by atoms with E-state index >= 15 is 0 Å². The van der Waals surface area contributed by atoms with E-state index in [1.807, 2.05) is 24.3 Å². The lowest BCUT2D eigenvalue weighted by Crippen LogP contribution is -2.44. The smallest absolute Gasteiger partial charge is 0.241 e. The number of carbonyl (C=O) groups excluding carboxylic acids is 1. The molecule has 1 unspecified atom stereocenters. The zero-order valence-electron chi connectivity index (χ0n) is 14.9. The van der Waals surface area contributed by atoms with E-state index in [-0.39, 0.29) is 11.8 Å². The third kappa shape index (κ3) is 5.53. The van der Waals surface area contributed by atoms with E-state index in [9.17, 15) is 4.79 Å². The maximum Gasteiger partial charge on any atom is 0.241 e. The standard InChI is InChI=1S/C20H30N2O3/c21-19(16-9-11-24-12-10-16)20(23)22-17-6-4-5-15(13-17)14-25-18-7-2-1-3-8-18/h4-6,13,16,18-19H,1-3,7-12,14,21H2,(H,22,23). The number of carbonyl (C=O) groups is 1. The van der Waals surface area contributed by atoms with Gasteiger partial charge in [0.15, 0.2) is 0 Å². The molecule has 138 valence electrons. The molecule has 2 fully saturated rings. The van der Waals surface area contributed by atoms with Crippen molar-refractivity contribution in [2.24, 2.45) is 11.7 Å². The normalized spacial score (nSPS) is 21.0. The first-order valence-corrected chi connectivity index (χ1v) is 9.57. The van der Waals surface area contributed by atoms with E-state index in [0.717, 1.165) is 36.9 Å². The minimum Gasteiger partial charge on any atom is -0.381 e. The predicted molar refractivity (Wildman–Crippen MR) is 98.3 cm³/mol. The molecule has 2 aliphatic rings. The van der Waals surface area contributed by atoms with Crippen LogP contribution in [0, 0.1) is 5.92 Å². The van der Waals surface area contributed by atoms with Crippen molar-refractivity contribution in [1.82, 2.24) is 0 Å². The Bertz CT molecular complexity index is 552. The van der Waals surface area contributed by atoms with Crippen molar-refractivity contribution in [2.45, 2.75) is 63.7 Å². The van der Waals surface area contributed by atoms with Gasteiger partial charge in [0.05, 0.1) is 18.8 Å². The second kappa shape index (κ2) is 9.32. The molecule has 25 heavy (non-hydrogen) atoms. The van der Waals surface area contributed by atoms with Crippen LogP contribution in [0.4, 0.5) is 5.69 Å². The second-order valence-electron chi connectivity index (χ2n) is 7.24. The summed E-state index contributed by atoms with van der Waals surface area (Å²) in [7, 11) is 0. The van der Waals surface area contributed by atoms with Crippen LogP contribution in [0.25, 0.3) is 0 Å². The Morgan fingerprint density at radius 3 is 2.72 bits per heavy atom. The molecule has 5 nitrogen and oxygen atoms in total. The average molecular weight is 346 g/mol. The quantitative estimate of drug-likeness (QED) is 0.829. The van der Waals surface area contributed by atoms with Crippen molar-refractivity contribution in [3.63, 3.8) is 0 Å². The molecule has 1 aliphatic carbocycles. The highest BCUT2D eigenvalue weighted by Gasteiger charge is 2.26. The summed E-state index contributed by atoms with van der Waals surface area (Å²) in [6.07, 6.45) is 8.28. The van der Waals surface area contributed by atoms with Crippen LogP contribution >= 0.6 is 0 Å². The van der Waals surface area contributed by atoms with Gasteiger partial charge in [-0.05, 0) is 49.3 Å².